The number of aromatic nitrogens is 2. The van der Waals surface area contributed by atoms with Gasteiger partial charge in [-0.2, -0.15) is 0 Å². The zero-order valence-corrected chi connectivity index (χ0v) is 15.4. The second kappa shape index (κ2) is 6.83. The van der Waals surface area contributed by atoms with Crippen LogP contribution < -0.4 is 5.56 Å². The minimum atomic E-state index is -0.514. The van der Waals surface area contributed by atoms with Crippen LogP contribution in [0, 0.1) is 0 Å². The summed E-state index contributed by atoms with van der Waals surface area (Å²) in [7, 11) is 2.18. The van der Waals surface area contributed by atoms with Gasteiger partial charge in [0.05, 0.1) is 17.5 Å². The lowest BCUT2D eigenvalue weighted by molar-refractivity contribution is 0.0340. The molecule has 2 fully saturated rings. The minimum absolute atomic E-state index is 0.00878. The molecule has 6 nitrogen and oxygen atoms in total. The van der Waals surface area contributed by atoms with Gasteiger partial charge in [-0.1, -0.05) is 18.6 Å². The Kier molecular flexibility index (Phi) is 4.53. The first kappa shape index (κ1) is 17.2. The van der Waals surface area contributed by atoms with Crippen molar-refractivity contribution in [3.63, 3.8) is 0 Å². The highest BCUT2D eigenvalue weighted by molar-refractivity contribution is 5.89. The Bertz CT molecular complexity index is 877. The van der Waals surface area contributed by atoms with Crippen LogP contribution in [0.4, 0.5) is 0 Å². The molecule has 3 heterocycles. The van der Waals surface area contributed by atoms with E-state index in [1.807, 2.05) is 12.1 Å². The molecule has 0 spiro atoms. The van der Waals surface area contributed by atoms with Crippen molar-refractivity contribution in [2.24, 2.45) is 0 Å². The van der Waals surface area contributed by atoms with Crippen LogP contribution in [0.25, 0.3) is 10.9 Å². The summed E-state index contributed by atoms with van der Waals surface area (Å²) in [6.07, 6.45) is 5.28. The van der Waals surface area contributed by atoms with Gasteiger partial charge in [-0.15, -0.1) is 0 Å². The van der Waals surface area contributed by atoms with Gasteiger partial charge in [0.2, 0.25) is 5.82 Å². The second-order valence-corrected chi connectivity index (χ2v) is 7.38. The fourth-order valence-electron chi connectivity index (χ4n) is 4.62. The lowest BCUT2D eigenvalue weighted by Crippen LogP contribution is -2.51. The summed E-state index contributed by atoms with van der Waals surface area (Å²) in [5.74, 6) is -0.373. The van der Waals surface area contributed by atoms with E-state index in [1.165, 1.54) is 6.42 Å². The fourth-order valence-corrected chi connectivity index (χ4v) is 4.62. The summed E-state index contributed by atoms with van der Waals surface area (Å²) in [5.41, 5.74) is 0.413. The van der Waals surface area contributed by atoms with Crippen LogP contribution in [0.2, 0.25) is 0 Å². The summed E-state index contributed by atoms with van der Waals surface area (Å²) in [6.45, 7) is 2.03. The largest absolute Gasteiger partial charge is 0.460 e. The standard InChI is InChI=1S/C20H25N3O3/c1-3-26-20(25)18-21-17-10-5-4-9-16(17)19(24)23(18)15-11-13-7-6-8-14(12-15)22(13)2/h4-5,9-10,13-15H,3,6-8,11-12H2,1-2H3. The SMILES string of the molecule is CCOC(=O)c1nc2ccccc2c(=O)n1C1CC2CCCC(C1)N2C. The summed E-state index contributed by atoms with van der Waals surface area (Å²) < 4.78 is 6.83. The number of piperidine rings is 2. The molecule has 2 aromatic rings. The number of ether oxygens (including phenoxy) is 1. The monoisotopic (exact) mass is 355 g/mol. The normalized spacial score (nSPS) is 26.0. The Balaban J connectivity index is 1.85. The number of nitrogens with zero attached hydrogens (tertiary/aromatic N) is 3. The maximum absolute atomic E-state index is 13.3. The van der Waals surface area contributed by atoms with Gasteiger partial charge < -0.3 is 9.64 Å². The summed E-state index contributed by atoms with van der Waals surface area (Å²) in [6, 6.07) is 8.13. The van der Waals surface area contributed by atoms with E-state index in [0.29, 0.717) is 23.0 Å². The van der Waals surface area contributed by atoms with Gasteiger partial charge in [0.15, 0.2) is 0 Å². The molecule has 0 amide bonds. The zero-order chi connectivity index (χ0) is 18.3. The molecule has 0 saturated carbocycles. The number of carbonyl (C=O) groups is 1. The highest BCUT2D eigenvalue weighted by Gasteiger charge is 2.38. The molecule has 2 atom stereocenters. The van der Waals surface area contributed by atoms with Crippen LogP contribution in [0.15, 0.2) is 29.1 Å². The van der Waals surface area contributed by atoms with Gasteiger partial charge in [0, 0.05) is 18.1 Å². The highest BCUT2D eigenvalue weighted by Crippen LogP contribution is 2.38. The maximum atomic E-state index is 13.3. The lowest BCUT2D eigenvalue weighted by atomic mass is 9.82. The number of fused-ring (bicyclic) bond motifs is 3. The van der Waals surface area contributed by atoms with E-state index in [9.17, 15) is 9.59 Å². The van der Waals surface area contributed by atoms with E-state index in [4.69, 9.17) is 4.74 Å². The van der Waals surface area contributed by atoms with Gasteiger partial charge in [0.1, 0.15) is 0 Å². The van der Waals surface area contributed by atoms with Gasteiger partial charge in [-0.05, 0) is 51.8 Å². The molecular formula is C20H25N3O3. The summed E-state index contributed by atoms with van der Waals surface area (Å²) >= 11 is 0. The van der Waals surface area contributed by atoms with Crippen molar-refractivity contribution in [1.29, 1.82) is 0 Å². The summed E-state index contributed by atoms with van der Waals surface area (Å²) in [4.78, 5) is 32.8. The molecule has 2 aliphatic rings. The Morgan fingerprint density at radius 1 is 1.19 bits per heavy atom. The van der Waals surface area contributed by atoms with Crippen LogP contribution in [0.3, 0.4) is 0 Å². The Morgan fingerprint density at radius 3 is 2.58 bits per heavy atom. The van der Waals surface area contributed by atoms with Gasteiger partial charge in [-0.25, -0.2) is 9.78 Å². The first-order chi connectivity index (χ1) is 12.6. The number of carbonyl (C=O) groups excluding carboxylic acids is 1. The predicted octanol–water partition coefficient (Wildman–Crippen LogP) is 2.76. The van der Waals surface area contributed by atoms with E-state index in [0.717, 1.165) is 25.7 Å². The molecule has 1 aromatic heterocycles. The average Bonchev–Trinajstić information content (AvgIpc) is 2.62. The van der Waals surface area contributed by atoms with Crippen molar-refractivity contribution < 1.29 is 9.53 Å². The lowest BCUT2D eigenvalue weighted by Gasteiger charge is -2.47. The van der Waals surface area contributed by atoms with Gasteiger partial charge >= 0.3 is 5.97 Å². The molecule has 1 aromatic carbocycles. The smallest absolute Gasteiger partial charge is 0.374 e. The van der Waals surface area contributed by atoms with Crippen LogP contribution in [0.1, 0.15) is 55.7 Å². The molecule has 6 heteroatoms. The van der Waals surface area contributed by atoms with Crippen molar-refractivity contribution in [3.8, 4) is 0 Å². The van der Waals surface area contributed by atoms with Gasteiger partial charge in [-0.3, -0.25) is 9.36 Å². The quantitative estimate of drug-likeness (QED) is 0.792. The highest BCUT2D eigenvalue weighted by atomic mass is 16.5. The number of esters is 1. The molecule has 4 rings (SSSR count). The van der Waals surface area contributed by atoms with E-state index in [2.05, 4.69) is 16.9 Å². The van der Waals surface area contributed by atoms with Crippen molar-refractivity contribution in [2.45, 2.75) is 57.2 Å². The number of hydrogen-bond donors (Lipinski definition) is 0. The van der Waals surface area contributed by atoms with Crippen molar-refractivity contribution in [2.75, 3.05) is 13.7 Å². The third-order valence-electron chi connectivity index (χ3n) is 5.95. The number of benzene rings is 1. The van der Waals surface area contributed by atoms with Crippen LogP contribution in [-0.2, 0) is 4.74 Å². The number of hydrogen-bond acceptors (Lipinski definition) is 5. The van der Waals surface area contributed by atoms with Crippen LogP contribution in [0.5, 0.6) is 0 Å². The zero-order valence-electron chi connectivity index (χ0n) is 15.4. The molecule has 26 heavy (non-hydrogen) atoms. The third kappa shape index (κ3) is 2.82. The second-order valence-electron chi connectivity index (χ2n) is 7.38. The summed E-state index contributed by atoms with van der Waals surface area (Å²) in [5, 5.41) is 0.560. The van der Waals surface area contributed by atoms with Crippen molar-refractivity contribution in [3.05, 3.63) is 40.4 Å². The molecule has 2 saturated heterocycles. The minimum Gasteiger partial charge on any atom is -0.460 e. The van der Waals surface area contributed by atoms with E-state index >= 15 is 0 Å². The average molecular weight is 355 g/mol. The number of rotatable bonds is 3. The fraction of sp³-hybridized carbons (Fsp3) is 0.550. The predicted molar refractivity (Wildman–Crippen MR) is 99.4 cm³/mol. The molecular weight excluding hydrogens is 330 g/mol. The van der Waals surface area contributed by atoms with Crippen molar-refractivity contribution >= 4 is 16.9 Å². The van der Waals surface area contributed by atoms with Crippen LogP contribution >= 0.6 is 0 Å². The Morgan fingerprint density at radius 2 is 1.88 bits per heavy atom. The molecule has 2 unspecified atom stereocenters. The Labute approximate surface area is 152 Å². The maximum Gasteiger partial charge on any atom is 0.374 e. The first-order valence-electron chi connectivity index (χ1n) is 9.50. The number of para-hydroxylation sites is 1. The topological polar surface area (TPSA) is 64.4 Å². The van der Waals surface area contributed by atoms with Crippen LogP contribution in [-0.4, -0.2) is 46.2 Å². The molecule has 0 aliphatic carbocycles. The van der Waals surface area contributed by atoms with Gasteiger partial charge in [0.25, 0.3) is 5.56 Å². The first-order valence-corrected chi connectivity index (χ1v) is 9.50. The van der Waals surface area contributed by atoms with Crippen molar-refractivity contribution in [1.82, 2.24) is 14.5 Å². The molecule has 0 N–H and O–H groups in total. The molecule has 0 radical (unpaired) electrons. The van der Waals surface area contributed by atoms with E-state index < -0.39 is 5.97 Å². The Hall–Kier alpha value is -2.21. The van der Waals surface area contributed by atoms with E-state index in [-0.39, 0.29) is 24.0 Å². The third-order valence-corrected chi connectivity index (χ3v) is 5.95. The molecule has 2 aliphatic heterocycles. The molecule has 2 bridgehead atoms. The van der Waals surface area contributed by atoms with E-state index in [1.54, 1.807) is 23.6 Å². The molecule has 138 valence electrons.